The number of halogens is 1. The number of fused-ring (bicyclic) bond motifs is 1. The van der Waals surface area contributed by atoms with Crippen LogP contribution in [0.25, 0.3) is 11.2 Å². The molecule has 0 saturated heterocycles. The predicted octanol–water partition coefficient (Wildman–Crippen LogP) is -0.547. The molecule has 0 saturated carbocycles. The minimum atomic E-state index is -0.490. The standard InChI is InChI=1S/C7H6ClN5O/c8-6-5-7(11-2-10-5)13-4(12-6)1-3(9)14/h2H,1H2,(H2,9,14)(H,10,11,12,13)/p+1. The largest absolute Gasteiger partial charge is 0.369 e. The van der Waals surface area contributed by atoms with Crippen LogP contribution in [0, 0.1) is 0 Å². The topological polar surface area (TPSA) is 98.8 Å². The molecule has 0 unspecified atom stereocenters. The van der Waals surface area contributed by atoms with Crippen LogP contribution in [0.1, 0.15) is 5.82 Å². The van der Waals surface area contributed by atoms with Gasteiger partial charge >= 0.3 is 5.65 Å². The lowest BCUT2D eigenvalue weighted by Gasteiger charge is -1.92. The average Bonchev–Trinajstić information content (AvgIpc) is 2.50. The van der Waals surface area contributed by atoms with Crippen molar-refractivity contribution in [2.24, 2.45) is 5.73 Å². The van der Waals surface area contributed by atoms with Gasteiger partial charge in [0.05, 0.1) is 0 Å². The molecule has 0 aliphatic carbocycles. The number of nitrogens with two attached hydrogens (primary N) is 1. The number of primary amides is 1. The fourth-order valence-electron chi connectivity index (χ4n) is 1.12. The van der Waals surface area contributed by atoms with Gasteiger partial charge in [-0.05, 0) is 0 Å². The molecule has 2 heterocycles. The summed E-state index contributed by atoms with van der Waals surface area (Å²) in [7, 11) is 0. The molecule has 14 heavy (non-hydrogen) atoms. The number of hydrogen-bond donors (Lipinski definition) is 2. The number of nitrogens with one attached hydrogen (secondary N) is 2. The highest BCUT2D eigenvalue weighted by atomic mass is 35.5. The number of amides is 1. The van der Waals surface area contributed by atoms with E-state index in [2.05, 4.69) is 19.9 Å². The molecule has 2 rings (SSSR count). The van der Waals surface area contributed by atoms with Crippen molar-refractivity contribution in [2.45, 2.75) is 6.42 Å². The third-order valence-electron chi connectivity index (χ3n) is 1.67. The van der Waals surface area contributed by atoms with Crippen LogP contribution in [-0.2, 0) is 11.2 Å². The second-order valence-corrected chi connectivity index (χ2v) is 3.09. The van der Waals surface area contributed by atoms with Gasteiger partial charge in [-0.1, -0.05) is 16.6 Å². The van der Waals surface area contributed by atoms with Crippen LogP contribution >= 0.6 is 11.6 Å². The maximum atomic E-state index is 10.6. The molecule has 0 spiro atoms. The normalized spacial score (nSPS) is 10.6. The SMILES string of the molecule is NC(=O)Cc1nc(Cl)c2[nH]c[nH+]c2n1. The number of aromatic nitrogens is 4. The monoisotopic (exact) mass is 212 g/mol. The minimum absolute atomic E-state index is 0.0192. The Bertz CT molecular complexity index is 494. The molecule has 4 N–H and O–H groups in total. The number of H-pyrrole nitrogens is 2. The van der Waals surface area contributed by atoms with Crippen LogP contribution in [0.3, 0.4) is 0 Å². The second-order valence-electron chi connectivity index (χ2n) is 2.73. The Morgan fingerprint density at radius 3 is 3.14 bits per heavy atom. The van der Waals surface area contributed by atoms with Gasteiger partial charge in [0.2, 0.25) is 17.2 Å². The molecule has 2 aromatic heterocycles. The second kappa shape index (κ2) is 3.22. The Balaban J connectivity index is 2.53. The first-order chi connectivity index (χ1) is 6.66. The molecule has 0 fully saturated rings. The molecule has 1 amide bonds. The smallest absolute Gasteiger partial charge is 0.304 e. The Morgan fingerprint density at radius 2 is 2.43 bits per heavy atom. The summed E-state index contributed by atoms with van der Waals surface area (Å²) in [6.07, 6.45) is 1.56. The zero-order chi connectivity index (χ0) is 10.1. The van der Waals surface area contributed by atoms with Crippen LogP contribution in [0.5, 0.6) is 0 Å². The van der Waals surface area contributed by atoms with Crippen LogP contribution < -0.4 is 10.7 Å². The van der Waals surface area contributed by atoms with Crippen molar-refractivity contribution in [3.63, 3.8) is 0 Å². The van der Waals surface area contributed by atoms with Gasteiger partial charge in [0.25, 0.3) is 0 Å². The number of rotatable bonds is 2. The van der Waals surface area contributed by atoms with Gasteiger partial charge in [-0.15, -0.1) is 0 Å². The van der Waals surface area contributed by atoms with Crippen molar-refractivity contribution in [2.75, 3.05) is 0 Å². The number of carbonyl (C=O) groups is 1. The summed E-state index contributed by atoms with van der Waals surface area (Å²) in [5.74, 6) is -0.179. The van der Waals surface area contributed by atoms with E-state index in [1.54, 1.807) is 6.33 Å². The lowest BCUT2D eigenvalue weighted by atomic mass is 10.4. The Labute approximate surface area is 83.5 Å². The number of hydrogen-bond acceptors (Lipinski definition) is 3. The fraction of sp³-hybridized carbons (Fsp3) is 0.143. The molecule has 0 aromatic carbocycles. The molecule has 0 aliphatic rings. The molecule has 6 nitrogen and oxygen atoms in total. The van der Waals surface area contributed by atoms with Crippen LogP contribution in [0.4, 0.5) is 0 Å². The lowest BCUT2D eigenvalue weighted by molar-refractivity contribution is -0.347. The summed E-state index contributed by atoms with van der Waals surface area (Å²) in [5, 5.41) is 0.271. The predicted molar refractivity (Wildman–Crippen MR) is 48.4 cm³/mol. The van der Waals surface area contributed by atoms with Crippen molar-refractivity contribution in [3.05, 3.63) is 17.3 Å². The van der Waals surface area contributed by atoms with Crippen molar-refractivity contribution in [1.82, 2.24) is 15.0 Å². The zero-order valence-corrected chi connectivity index (χ0v) is 7.80. The fourth-order valence-corrected chi connectivity index (χ4v) is 1.36. The molecular formula is C7H7ClN5O+. The van der Waals surface area contributed by atoms with Crippen molar-refractivity contribution in [1.29, 1.82) is 0 Å². The summed E-state index contributed by atoms with van der Waals surface area (Å²) < 4.78 is 0. The van der Waals surface area contributed by atoms with Gasteiger partial charge in [0.1, 0.15) is 6.42 Å². The quantitative estimate of drug-likeness (QED) is 0.654. The van der Waals surface area contributed by atoms with Crippen LogP contribution in [0.2, 0.25) is 5.15 Å². The number of aromatic amines is 2. The van der Waals surface area contributed by atoms with Crippen molar-refractivity contribution in [3.8, 4) is 0 Å². The number of imidazole rings is 1. The lowest BCUT2D eigenvalue weighted by Crippen LogP contribution is -2.16. The van der Waals surface area contributed by atoms with Crippen molar-refractivity contribution < 1.29 is 9.78 Å². The van der Waals surface area contributed by atoms with Gasteiger partial charge in [0, 0.05) is 0 Å². The highest BCUT2D eigenvalue weighted by Gasteiger charge is 2.15. The molecule has 0 bridgehead atoms. The van der Waals surface area contributed by atoms with E-state index in [0.717, 1.165) is 0 Å². The Morgan fingerprint density at radius 1 is 1.64 bits per heavy atom. The van der Waals surface area contributed by atoms with Crippen LogP contribution in [0.15, 0.2) is 6.33 Å². The van der Waals surface area contributed by atoms with Gasteiger partial charge in [-0.3, -0.25) is 9.78 Å². The highest BCUT2D eigenvalue weighted by Crippen LogP contribution is 2.14. The van der Waals surface area contributed by atoms with E-state index in [4.69, 9.17) is 17.3 Å². The molecule has 2 aromatic rings. The molecule has 7 heteroatoms. The van der Waals surface area contributed by atoms with Crippen LogP contribution in [-0.4, -0.2) is 20.9 Å². The van der Waals surface area contributed by atoms with E-state index in [1.165, 1.54) is 0 Å². The first-order valence-corrected chi connectivity index (χ1v) is 4.24. The minimum Gasteiger partial charge on any atom is -0.369 e. The molecule has 0 aliphatic heterocycles. The zero-order valence-electron chi connectivity index (χ0n) is 7.04. The molecular weight excluding hydrogens is 206 g/mol. The number of nitrogens with zero attached hydrogens (tertiary/aromatic N) is 2. The van der Waals surface area contributed by atoms with E-state index < -0.39 is 5.91 Å². The average molecular weight is 213 g/mol. The summed E-state index contributed by atoms with van der Waals surface area (Å²) in [6, 6.07) is 0. The summed E-state index contributed by atoms with van der Waals surface area (Å²) in [4.78, 5) is 24.3. The van der Waals surface area contributed by atoms with Gasteiger partial charge in [-0.25, -0.2) is 9.97 Å². The molecule has 72 valence electrons. The van der Waals surface area contributed by atoms with Gasteiger partial charge in [-0.2, -0.15) is 0 Å². The van der Waals surface area contributed by atoms with E-state index in [-0.39, 0.29) is 11.6 Å². The first kappa shape index (κ1) is 8.89. The third-order valence-corrected chi connectivity index (χ3v) is 1.94. The summed E-state index contributed by atoms with van der Waals surface area (Å²) >= 11 is 5.83. The van der Waals surface area contributed by atoms with E-state index >= 15 is 0 Å². The van der Waals surface area contributed by atoms with Gasteiger partial charge < -0.3 is 5.73 Å². The highest BCUT2D eigenvalue weighted by molar-refractivity contribution is 6.33. The summed E-state index contributed by atoms with van der Waals surface area (Å²) in [6.45, 7) is 0. The van der Waals surface area contributed by atoms with E-state index in [1.807, 2.05) is 0 Å². The van der Waals surface area contributed by atoms with Crippen molar-refractivity contribution >= 4 is 28.7 Å². The third kappa shape index (κ3) is 1.51. The maximum absolute atomic E-state index is 10.6. The first-order valence-electron chi connectivity index (χ1n) is 3.86. The molecule has 0 radical (unpaired) electrons. The maximum Gasteiger partial charge on any atom is 0.304 e. The summed E-state index contributed by atoms with van der Waals surface area (Å²) in [5.41, 5.74) is 6.18. The number of carbonyl (C=O) groups excluding carboxylic acids is 1. The Kier molecular flexibility index (Phi) is 2.05. The van der Waals surface area contributed by atoms with E-state index in [0.29, 0.717) is 17.0 Å². The van der Waals surface area contributed by atoms with E-state index in [9.17, 15) is 4.79 Å². The molecule has 0 atom stereocenters. The Hall–Kier alpha value is -1.69. The van der Waals surface area contributed by atoms with Gasteiger partial charge in [0.15, 0.2) is 11.5 Å².